The maximum Gasteiger partial charge on any atom is 0.282 e. The summed E-state index contributed by atoms with van der Waals surface area (Å²) in [7, 11) is 0. The molecule has 0 unspecified atom stereocenters. The lowest BCUT2D eigenvalue weighted by Gasteiger charge is -2.27. The van der Waals surface area contributed by atoms with Crippen molar-refractivity contribution in [2.24, 2.45) is 11.0 Å². The fraction of sp³-hybridized carbons (Fsp3) is 0.400. The first-order chi connectivity index (χ1) is 13.1. The molecule has 2 aliphatic rings. The molecule has 1 amide bonds. The molecule has 1 aromatic heterocycles. The molecule has 4 rings (SSSR count). The second-order valence-electron chi connectivity index (χ2n) is 7.02. The highest BCUT2D eigenvalue weighted by Crippen LogP contribution is 2.42. The highest BCUT2D eigenvalue weighted by Gasteiger charge is 2.40. The number of hydrogen-bond donors (Lipinski definition) is 1. The standard InChI is InChI=1S/C20H23ClN4OS/c1-14-18(20(26)23-24-11-5-2-6-12-24)22-25(16-9-4-3-8-15(16)21)19(14)17-10-7-13-27-17/h3-4,7-10,13-14,19H,2,5-6,11-12H2,1H3,(H,23,26)/t14-,19-/m1/s1. The summed E-state index contributed by atoms with van der Waals surface area (Å²) in [6, 6.07) is 11.7. The molecule has 0 saturated carbocycles. The number of carbonyl (C=O) groups excluding carboxylic acids is 1. The van der Waals surface area contributed by atoms with Crippen LogP contribution in [0.5, 0.6) is 0 Å². The maximum absolute atomic E-state index is 13.0. The second-order valence-corrected chi connectivity index (χ2v) is 8.41. The van der Waals surface area contributed by atoms with Gasteiger partial charge in [-0.3, -0.25) is 15.2 Å². The largest absolute Gasteiger partial charge is 0.284 e. The number of amides is 1. The van der Waals surface area contributed by atoms with Crippen molar-refractivity contribution in [1.29, 1.82) is 0 Å². The minimum Gasteiger partial charge on any atom is -0.284 e. The molecule has 3 heterocycles. The molecule has 0 radical (unpaired) electrons. The summed E-state index contributed by atoms with van der Waals surface area (Å²) in [5.74, 6) is -0.148. The van der Waals surface area contributed by atoms with Crippen LogP contribution in [0.3, 0.4) is 0 Å². The third kappa shape index (κ3) is 3.74. The quantitative estimate of drug-likeness (QED) is 0.820. The zero-order valence-corrected chi connectivity index (χ0v) is 16.8. The van der Waals surface area contributed by atoms with Gasteiger partial charge in [0.25, 0.3) is 5.91 Å². The molecule has 1 saturated heterocycles. The van der Waals surface area contributed by atoms with Crippen LogP contribution in [0.1, 0.15) is 37.1 Å². The number of hydrogen-bond acceptors (Lipinski definition) is 5. The first kappa shape index (κ1) is 18.5. The summed E-state index contributed by atoms with van der Waals surface area (Å²) < 4.78 is 0. The van der Waals surface area contributed by atoms with Crippen LogP contribution in [-0.2, 0) is 4.79 Å². The number of nitrogens with one attached hydrogen (secondary N) is 1. The zero-order valence-electron chi connectivity index (χ0n) is 15.3. The average Bonchev–Trinajstić information content (AvgIpc) is 3.30. The highest BCUT2D eigenvalue weighted by atomic mass is 35.5. The lowest BCUT2D eigenvalue weighted by atomic mass is 9.95. The minimum atomic E-state index is -0.111. The molecule has 1 fully saturated rings. The van der Waals surface area contributed by atoms with Crippen molar-refractivity contribution >= 4 is 40.2 Å². The molecule has 142 valence electrons. The minimum absolute atomic E-state index is 0.0352. The van der Waals surface area contributed by atoms with Gasteiger partial charge in [0.1, 0.15) is 5.71 Å². The lowest BCUT2D eigenvalue weighted by Crippen LogP contribution is -2.48. The number of hydrazone groups is 1. The second kappa shape index (κ2) is 8.00. The molecule has 5 nitrogen and oxygen atoms in total. The van der Waals surface area contributed by atoms with E-state index in [1.54, 1.807) is 11.3 Å². The van der Waals surface area contributed by atoms with E-state index in [1.165, 1.54) is 11.3 Å². The van der Waals surface area contributed by atoms with Gasteiger partial charge >= 0.3 is 0 Å². The predicted octanol–water partition coefficient (Wildman–Crippen LogP) is 4.47. The third-order valence-corrected chi connectivity index (χ3v) is 6.43. The van der Waals surface area contributed by atoms with Crippen LogP contribution in [0.4, 0.5) is 5.69 Å². The lowest BCUT2D eigenvalue weighted by molar-refractivity contribution is -0.120. The van der Waals surface area contributed by atoms with E-state index in [1.807, 2.05) is 40.3 Å². The summed E-state index contributed by atoms with van der Waals surface area (Å²) in [6.45, 7) is 3.86. The summed E-state index contributed by atoms with van der Waals surface area (Å²) >= 11 is 8.12. The topological polar surface area (TPSA) is 47.9 Å². The number of thiophene rings is 1. The van der Waals surface area contributed by atoms with Crippen molar-refractivity contribution in [3.8, 4) is 0 Å². The Morgan fingerprint density at radius 1 is 1.19 bits per heavy atom. The molecule has 2 aromatic rings. The van der Waals surface area contributed by atoms with Gasteiger partial charge in [0.2, 0.25) is 0 Å². The van der Waals surface area contributed by atoms with Crippen LogP contribution in [-0.4, -0.2) is 29.7 Å². The van der Waals surface area contributed by atoms with Gasteiger partial charge in [0, 0.05) is 23.9 Å². The molecule has 1 N–H and O–H groups in total. The zero-order chi connectivity index (χ0) is 18.8. The normalized spacial score (nSPS) is 23.3. The monoisotopic (exact) mass is 402 g/mol. The third-order valence-electron chi connectivity index (χ3n) is 5.17. The van der Waals surface area contributed by atoms with Gasteiger partial charge in [0.05, 0.1) is 16.8 Å². The van der Waals surface area contributed by atoms with Crippen LogP contribution < -0.4 is 10.4 Å². The van der Waals surface area contributed by atoms with Crippen molar-refractivity contribution < 1.29 is 4.79 Å². The van der Waals surface area contributed by atoms with Crippen LogP contribution in [0.2, 0.25) is 5.02 Å². The smallest absolute Gasteiger partial charge is 0.282 e. The number of piperidine rings is 1. The molecule has 7 heteroatoms. The Hall–Kier alpha value is -1.89. The number of hydrazine groups is 1. The molecule has 27 heavy (non-hydrogen) atoms. The predicted molar refractivity (Wildman–Crippen MR) is 111 cm³/mol. The van der Waals surface area contributed by atoms with Crippen molar-refractivity contribution in [2.75, 3.05) is 18.1 Å². The van der Waals surface area contributed by atoms with E-state index in [4.69, 9.17) is 16.7 Å². The van der Waals surface area contributed by atoms with E-state index in [0.717, 1.165) is 31.6 Å². The Bertz CT molecular complexity index is 832. The van der Waals surface area contributed by atoms with E-state index >= 15 is 0 Å². The summed E-state index contributed by atoms with van der Waals surface area (Å²) in [5, 5.41) is 11.3. The Balaban J connectivity index is 1.64. The number of carbonyl (C=O) groups is 1. The first-order valence-electron chi connectivity index (χ1n) is 9.37. The number of anilines is 1. The molecule has 2 aliphatic heterocycles. The molecule has 0 spiro atoms. The number of nitrogens with zero attached hydrogens (tertiary/aromatic N) is 3. The SMILES string of the molecule is C[C@@H]1C(C(=O)NN2CCCCC2)=NN(c2ccccc2Cl)[C@H]1c1cccs1. The molecular formula is C20H23ClN4OS. The Morgan fingerprint density at radius 2 is 1.96 bits per heavy atom. The average molecular weight is 403 g/mol. The van der Waals surface area contributed by atoms with E-state index in [0.29, 0.717) is 10.7 Å². The maximum atomic E-state index is 13.0. The van der Waals surface area contributed by atoms with Crippen LogP contribution in [0, 0.1) is 5.92 Å². The highest BCUT2D eigenvalue weighted by molar-refractivity contribution is 7.10. The summed E-state index contributed by atoms with van der Waals surface area (Å²) in [4.78, 5) is 14.1. The van der Waals surface area contributed by atoms with E-state index < -0.39 is 0 Å². The number of rotatable bonds is 4. The number of benzene rings is 1. The van der Waals surface area contributed by atoms with Crippen LogP contribution in [0.25, 0.3) is 0 Å². The first-order valence-corrected chi connectivity index (χ1v) is 10.6. The van der Waals surface area contributed by atoms with Crippen LogP contribution in [0.15, 0.2) is 46.9 Å². The number of para-hydroxylation sites is 1. The fourth-order valence-corrected chi connectivity index (χ4v) is 4.89. The number of halogens is 1. The van der Waals surface area contributed by atoms with Crippen molar-refractivity contribution in [1.82, 2.24) is 10.4 Å². The van der Waals surface area contributed by atoms with Gasteiger partial charge in [-0.05, 0) is 36.4 Å². The Kier molecular flexibility index (Phi) is 5.48. The van der Waals surface area contributed by atoms with Gasteiger partial charge in [-0.1, -0.05) is 43.1 Å². The van der Waals surface area contributed by atoms with E-state index in [9.17, 15) is 4.79 Å². The van der Waals surface area contributed by atoms with Crippen molar-refractivity contribution in [3.05, 3.63) is 51.7 Å². The Morgan fingerprint density at radius 3 is 2.67 bits per heavy atom. The summed E-state index contributed by atoms with van der Waals surface area (Å²) in [5.41, 5.74) is 4.43. The van der Waals surface area contributed by atoms with Gasteiger partial charge in [-0.15, -0.1) is 11.3 Å². The molecule has 0 aliphatic carbocycles. The molecule has 0 bridgehead atoms. The van der Waals surface area contributed by atoms with Gasteiger partial charge in [0.15, 0.2) is 0 Å². The Labute approximate surface area is 168 Å². The molecular weight excluding hydrogens is 380 g/mol. The molecule has 1 aromatic carbocycles. The fourth-order valence-electron chi connectivity index (χ4n) is 3.76. The summed E-state index contributed by atoms with van der Waals surface area (Å²) in [6.07, 6.45) is 3.46. The van der Waals surface area contributed by atoms with Crippen molar-refractivity contribution in [3.63, 3.8) is 0 Å². The van der Waals surface area contributed by atoms with Gasteiger partial charge in [-0.25, -0.2) is 5.01 Å². The van der Waals surface area contributed by atoms with E-state index in [-0.39, 0.29) is 17.9 Å². The van der Waals surface area contributed by atoms with Gasteiger partial charge < -0.3 is 0 Å². The van der Waals surface area contributed by atoms with Gasteiger partial charge in [-0.2, -0.15) is 5.10 Å². The van der Waals surface area contributed by atoms with Crippen LogP contribution >= 0.6 is 22.9 Å². The van der Waals surface area contributed by atoms with E-state index in [2.05, 4.69) is 23.8 Å². The molecule has 2 atom stereocenters. The van der Waals surface area contributed by atoms with Crippen molar-refractivity contribution in [2.45, 2.75) is 32.2 Å².